The van der Waals surface area contributed by atoms with Gasteiger partial charge in [0.25, 0.3) is 0 Å². The molecule has 1 saturated carbocycles. The van der Waals surface area contributed by atoms with E-state index in [1.165, 1.54) is 49.8 Å². The molecule has 2 aliphatic rings. The van der Waals surface area contributed by atoms with Crippen molar-refractivity contribution in [2.45, 2.75) is 68.1 Å². The molecule has 3 rings (SSSR count). The van der Waals surface area contributed by atoms with Gasteiger partial charge in [0.2, 0.25) is 0 Å². The summed E-state index contributed by atoms with van der Waals surface area (Å²) in [5.74, 6) is 0.909. The number of benzene rings is 1. The summed E-state index contributed by atoms with van der Waals surface area (Å²) in [5.41, 5.74) is 1.55. The second kappa shape index (κ2) is 7.00. The molecule has 1 aliphatic carbocycles. The first-order valence-electron chi connectivity index (χ1n) is 8.31. The molecule has 2 heteroatoms. The van der Waals surface area contributed by atoms with Crippen LogP contribution in [0.4, 0.5) is 0 Å². The fourth-order valence-electron chi connectivity index (χ4n) is 3.66. The zero-order valence-electron chi connectivity index (χ0n) is 12.6. The Morgan fingerprint density at radius 2 is 1.90 bits per heavy atom. The monoisotopic (exact) mass is 289 g/mol. The van der Waals surface area contributed by atoms with Crippen LogP contribution in [-0.2, 0) is 6.42 Å². The van der Waals surface area contributed by atoms with Gasteiger partial charge >= 0.3 is 0 Å². The molecule has 1 heterocycles. The second-order valence-electron chi connectivity index (χ2n) is 6.50. The molecule has 1 unspecified atom stereocenters. The van der Waals surface area contributed by atoms with E-state index in [0.29, 0.717) is 6.04 Å². The number of nitrogens with one attached hydrogen (secondary N) is 1. The Morgan fingerprint density at radius 1 is 1.15 bits per heavy atom. The van der Waals surface area contributed by atoms with E-state index in [-0.39, 0.29) is 0 Å². The third-order valence-corrected chi connectivity index (χ3v) is 6.31. The van der Waals surface area contributed by atoms with Crippen LogP contribution in [0.25, 0.3) is 0 Å². The second-order valence-corrected chi connectivity index (χ2v) is 7.84. The van der Waals surface area contributed by atoms with Gasteiger partial charge in [0.15, 0.2) is 0 Å². The number of thioether (sulfide) groups is 1. The molecule has 1 aromatic rings. The Balaban J connectivity index is 1.46. The van der Waals surface area contributed by atoms with E-state index in [0.717, 1.165) is 17.7 Å². The number of fused-ring (bicyclic) bond motifs is 1. The summed E-state index contributed by atoms with van der Waals surface area (Å²) in [6, 6.07) is 9.59. The highest BCUT2D eigenvalue weighted by molar-refractivity contribution is 8.00. The molecule has 0 bridgehead atoms. The van der Waals surface area contributed by atoms with Gasteiger partial charge in [-0.3, -0.25) is 0 Å². The Hall–Kier alpha value is -0.470. The van der Waals surface area contributed by atoms with Crippen molar-refractivity contribution in [2.75, 3.05) is 6.54 Å². The van der Waals surface area contributed by atoms with Crippen LogP contribution in [0, 0.1) is 5.92 Å². The molecule has 0 spiro atoms. The number of rotatable bonds is 4. The zero-order chi connectivity index (χ0) is 13.8. The fraction of sp³-hybridized carbons (Fsp3) is 0.667. The van der Waals surface area contributed by atoms with Crippen LogP contribution in [0.5, 0.6) is 0 Å². The smallest absolute Gasteiger partial charge is 0.0260 e. The van der Waals surface area contributed by atoms with Crippen LogP contribution >= 0.6 is 11.8 Å². The lowest BCUT2D eigenvalue weighted by molar-refractivity contribution is 0.338. The maximum atomic E-state index is 3.84. The molecular weight excluding hydrogens is 262 g/mol. The van der Waals surface area contributed by atoms with Crippen LogP contribution in [-0.4, -0.2) is 17.8 Å². The van der Waals surface area contributed by atoms with Crippen LogP contribution in [0.1, 0.15) is 51.0 Å². The summed E-state index contributed by atoms with van der Waals surface area (Å²) in [7, 11) is 0. The zero-order valence-corrected chi connectivity index (χ0v) is 13.4. The molecule has 110 valence electrons. The van der Waals surface area contributed by atoms with E-state index in [1.54, 1.807) is 5.56 Å². The molecule has 1 nitrogen and oxygen atoms in total. The molecule has 2 atom stereocenters. The van der Waals surface area contributed by atoms with E-state index < -0.39 is 0 Å². The lowest BCUT2D eigenvalue weighted by atomic mass is 9.93. The van der Waals surface area contributed by atoms with Gasteiger partial charge in [0.05, 0.1) is 0 Å². The van der Waals surface area contributed by atoms with Crippen LogP contribution < -0.4 is 5.32 Å². The van der Waals surface area contributed by atoms with Gasteiger partial charge in [0.1, 0.15) is 0 Å². The van der Waals surface area contributed by atoms with E-state index in [2.05, 4.69) is 48.3 Å². The molecule has 1 aromatic carbocycles. The van der Waals surface area contributed by atoms with Crippen molar-refractivity contribution in [3.63, 3.8) is 0 Å². The topological polar surface area (TPSA) is 12.0 Å². The molecule has 1 fully saturated rings. The third-order valence-electron chi connectivity index (χ3n) is 4.99. The fourth-order valence-corrected chi connectivity index (χ4v) is 4.92. The molecule has 20 heavy (non-hydrogen) atoms. The van der Waals surface area contributed by atoms with Gasteiger partial charge in [-0.05, 0) is 43.7 Å². The van der Waals surface area contributed by atoms with Crippen molar-refractivity contribution in [3.05, 3.63) is 29.8 Å². The predicted octanol–water partition coefficient (Wildman–Crippen LogP) is 4.65. The van der Waals surface area contributed by atoms with Crippen molar-refractivity contribution < 1.29 is 0 Å². The first-order chi connectivity index (χ1) is 9.83. The molecule has 0 radical (unpaired) electrons. The minimum atomic E-state index is 0.692. The van der Waals surface area contributed by atoms with Gasteiger partial charge in [-0.2, -0.15) is 0 Å². The largest absolute Gasteiger partial charge is 0.313 e. The quantitative estimate of drug-likeness (QED) is 0.810. The van der Waals surface area contributed by atoms with Crippen LogP contribution in [0.3, 0.4) is 0 Å². The Morgan fingerprint density at radius 3 is 2.65 bits per heavy atom. The SMILES string of the molecule is C[C@@H](NCC1Cc2ccccc2S1)C1CCCCCC1. The maximum absolute atomic E-state index is 3.84. The van der Waals surface area contributed by atoms with Crippen LogP contribution in [0.2, 0.25) is 0 Å². The molecular formula is C18H27NS. The van der Waals surface area contributed by atoms with Crippen molar-refractivity contribution in [3.8, 4) is 0 Å². The van der Waals surface area contributed by atoms with Gasteiger partial charge in [-0.1, -0.05) is 43.9 Å². The summed E-state index contributed by atoms with van der Waals surface area (Å²) in [4.78, 5) is 1.50. The Kier molecular flexibility index (Phi) is 5.06. The van der Waals surface area contributed by atoms with E-state index in [4.69, 9.17) is 0 Å². The highest BCUT2D eigenvalue weighted by Gasteiger charge is 2.24. The summed E-state index contributed by atoms with van der Waals surface area (Å²) in [6.07, 6.45) is 9.91. The average Bonchev–Trinajstić information content (AvgIpc) is 2.69. The highest BCUT2D eigenvalue weighted by Crippen LogP contribution is 2.36. The predicted molar refractivity (Wildman–Crippen MR) is 88.4 cm³/mol. The summed E-state index contributed by atoms with van der Waals surface area (Å²) in [6.45, 7) is 3.57. The maximum Gasteiger partial charge on any atom is 0.0260 e. The molecule has 0 amide bonds. The van der Waals surface area contributed by atoms with Crippen molar-refractivity contribution >= 4 is 11.8 Å². The lowest BCUT2D eigenvalue weighted by Gasteiger charge is -2.25. The molecule has 0 aromatic heterocycles. The summed E-state index contributed by atoms with van der Waals surface area (Å²) in [5, 5.41) is 4.57. The summed E-state index contributed by atoms with van der Waals surface area (Å²) < 4.78 is 0. The van der Waals surface area contributed by atoms with Gasteiger partial charge < -0.3 is 5.32 Å². The number of hydrogen-bond donors (Lipinski definition) is 1. The molecule has 1 N–H and O–H groups in total. The average molecular weight is 289 g/mol. The third kappa shape index (κ3) is 3.59. The van der Waals surface area contributed by atoms with Gasteiger partial charge in [-0.25, -0.2) is 0 Å². The van der Waals surface area contributed by atoms with E-state index in [1.807, 2.05) is 0 Å². The Labute approximate surface area is 127 Å². The first-order valence-corrected chi connectivity index (χ1v) is 9.19. The van der Waals surface area contributed by atoms with Crippen molar-refractivity contribution in [2.24, 2.45) is 5.92 Å². The van der Waals surface area contributed by atoms with Crippen molar-refractivity contribution in [1.82, 2.24) is 5.32 Å². The molecule has 0 saturated heterocycles. The highest BCUT2D eigenvalue weighted by atomic mass is 32.2. The summed E-state index contributed by atoms with van der Waals surface area (Å²) >= 11 is 2.07. The lowest BCUT2D eigenvalue weighted by Crippen LogP contribution is -2.37. The van der Waals surface area contributed by atoms with Gasteiger partial charge in [0, 0.05) is 22.7 Å². The Bertz CT molecular complexity index is 398. The van der Waals surface area contributed by atoms with Gasteiger partial charge in [-0.15, -0.1) is 11.8 Å². The minimum Gasteiger partial charge on any atom is -0.313 e. The van der Waals surface area contributed by atoms with E-state index >= 15 is 0 Å². The number of hydrogen-bond acceptors (Lipinski definition) is 2. The normalized spacial score (nSPS) is 25.1. The standard InChI is InChI=1S/C18H27NS/c1-14(15-8-4-2-3-5-9-15)19-13-17-12-16-10-6-7-11-18(16)20-17/h6-7,10-11,14-15,17,19H,2-5,8-9,12-13H2,1H3/t14-,17?/m1/s1. The van der Waals surface area contributed by atoms with Crippen LogP contribution in [0.15, 0.2) is 29.2 Å². The van der Waals surface area contributed by atoms with Crippen molar-refractivity contribution in [1.29, 1.82) is 0 Å². The molecule has 1 aliphatic heterocycles. The minimum absolute atomic E-state index is 0.692. The first kappa shape index (κ1) is 14.5. The van der Waals surface area contributed by atoms with E-state index in [9.17, 15) is 0 Å².